The summed E-state index contributed by atoms with van der Waals surface area (Å²) < 4.78 is 5.92. The van der Waals surface area contributed by atoms with Crippen LogP contribution < -0.4 is 4.74 Å². The van der Waals surface area contributed by atoms with Crippen molar-refractivity contribution in [3.8, 4) is 11.5 Å². The van der Waals surface area contributed by atoms with E-state index in [4.69, 9.17) is 4.74 Å². The Bertz CT molecular complexity index is 842. The van der Waals surface area contributed by atoms with Gasteiger partial charge in [0.1, 0.15) is 17.1 Å². The van der Waals surface area contributed by atoms with Gasteiger partial charge in [0.05, 0.1) is 12.5 Å². The second kappa shape index (κ2) is 5.69. The minimum Gasteiger partial charge on any atom is -0.508 e. The maximum Gasteiger partial charge on any atom is 0.128 e. The Kier molecular flexibility index (Phi) is 3.51. The van der Waals surface area contributed by atoms with Gasteiger partial charge in [0.15, 0.2) is 0 Å². The molecule has 0 fully saturated rings. The first-order chi connectivity index (χ1) is 11.7. The Morgan fingerprint density at radius 3 is 2.25 bits per heavy atom. The van der Waals surface area contributed by atoms with Crippen molar-refractivity contribution in [1.29, 1.82) is 0 Å². The van der Waals surface area contributed by atoms with Gasteiger partial charge in [-0.05, 0) is 29.3 Å². The molecule has 0 saturated heterocycles. The van der Waals surface area contributed by atoms with E-state index in [1.54, 1.807) is 24.3 Å². The van der Waals surface area contributed by atoms with E-state index >= 15 is 0 Å². The summed E-state index contributed by atoms with van der Waals surface area (Å²) in [5.74, 6) is 0.636. The number of hydrogen-bond acceptors (Lipinski definition) is 3. The Balaban J connectivity index is 1.93. The molecular formula is C21H18O3. The molecule has 0 spiro atoms. The summed E-state index contributed by atoms with van der Waals surface area (Å²) in [6.07, 6.45) is 0. The third kappa shape index (κ3) is 2.25. The van der Waals surface area contributed by atoms with Crippen LogP contribution in [-0.4, -0.2) is 16.8 Å². The van der Waals surface area contributed by atoms with Crippen LogP contribution in [0.25, 0.3) is 0 Å². The predicted molar refractivity (Wildman–Crippen MR) is 92.2 cm³/mol. The smallest absolute Gasteiger partial charge is 0.128 e. The summed E-state index contributed by atoms with van der Waals surface area (Å²) in [5, 5.41) is 21.4. The minimum atomic E-state index is -1.22. The number of ether oxygens (including phenoxy) is 1. The van der Waals surface area contributed by atoms with Crippen LogP contribution in [0.1, 0.15) is 22.6 Å². The third-order valence-electron chi connectivity index (χ3n) is 4.72. The van der Waals surface area contributed by atoms with Crippen molar-refractivity contribution in [2.75, 3.05) is 6.61 Å². The molecule has 2 atom stereocenters. The first-order valence-electron chi connectivity index (χ1n) is 7.99. The van der Waals surface area contributed by atoms with Crippen molar-refractivity contribution in [3.05, 3.63) is 95.6 Å². The van der Waals surface area contributed by atoms with Gasteiger partial charge >= 0.3 is 0 Å². The van der Waals surface area contributed by atoms with E-state index < -0.39 is 5.60 Å². The van der Waals surface area contributed by atoms with Crippen LogP contribution in [-0.2, 0) is 5.60 Å². The molecule has 3 aromatic rings. The fourth-order valence-electron chi connectivity index (χ4n) is 3.48. The van der Waals surface area contributed by atoms with Crippen LogP contribution >= 0.6 is 0 Å². The molecule has 0 radical (unpaired) electrons. The lowest BCUT2D eigenvalue weighted by atomic mass is 9.72. The van der Waals surface area contributed by atoms with Gasteiger partial charge < -0.3 is 14.9 Å². The number of phenolic OH excluding ortho intramolecular Hbond substituents is 1. The second-order valence-corrected chi connectivity index (χ2v) is 6.08. The zero-order chi connectivity index (χ0) is 16.6. The van der Waals surface area contributed by atoms with Crippen LogP contribution in [0.3, 0.4) is 0 Å². The van der Waals surface area contributed by atoms with Crippen LogP contribution in [0.2, 0.25) is 0 Å². The fourth-order valence-corrected chi connectivity index (χ4v) is 3.48. The molecule has 4 rings (SSSR count). The average molecular weight is 318 g/mol. The normalized spacial score (nSPS) is 22.5. The highest BCUT2D eigenvalue weighted by Crippen LogP contribution is 2.49. The number of benzene rings is 3. The van der Waals surface area contributed by atoms with Gasteiger partial charge in [0.2, 0.25) is 0 Å². The average Bonchev–Trinajstić information content (AvgIpc) is 2.63. The van der Waals surface area contributed by atoms with Crippen molar-refractivity contribution in [1.82, 2.24) is 0 Å². The summed E-state index contributed by atoms with van der Waals surface area (Å²) in [4.78, 5) is 0. The zero-order valence-corrected chi connectivity index (χ0v) is 13.1. The number of aromatic hydroxyl groups is 1. The highest BCUT2D eigenvalue weighted by atomic mass is 16.5. The summed E-state index contributed by atoms with van der Waals surface area (Å²) in [6, 6.07) is 24.2. The first-order valence-corrected chi connectivity index (χ1v) is 7.99. The molecule has 0 aromatic heterocycles. The van der Waals surface area contributed by atoms with Crippen LogP contribution in [0, 0.1) is 0 Å². The maximum atomic E-state index is 11.8. The van der Waals surface area contributed by atoms with Crippen molar-refractivity contribution < 1.29 is 14.9 Å². The number of hydrogen-bond donors (Lipinski definition) is 2. The molecule has 24 heavy (non-hydrogen) atoms. The van der Waals surface area contributed by atoms with Gasteiger partial charge in [-0.1, -0.05) is 60.7 Å². The lowest BCUT2D eigenvalue weighted by Gasteiger charge is -2.42. The Labute approximate surface area is 140 Å². The van der Waals surface area contributed by atoms with E-state index in [1.165, 1.54) is 0 Å². The molecule has 1 aliphatic rings. The van der Waals surface area contributed by atoms with E-state index in [2.05, 4.69) is 0 Å². The molecule has 0 saturated carbocycles. The Morgan fingerprint density at radius 1 is 0.833 bits per heavy atom. The van der Waals surface area contributed by atoms with Crippen molar-refractivity contribution in [2.45, 2.75) is 11.5 Å². The van der Waals surface area contributed by atoms with Crippen LogP contribution in [0.5, 0.6) is 11.5 Å². The topological polar surface area (TPSA) is 49.7 Å². The number of aliphatic hydroxyl groups is 1. The SMILES string of the molecule is Oc1ccc(C2(O)c3ccccc3OCC2c2ccccc2)cc1. The fraction of sp³-hybridized carbons (Fsp3) is 0.143. The largest absolute Gasteiger partial charge is 0.508 e. The van der Waals surface area contributed by atoms with Gasteiger partial charge in [-0.2, -0.15) is 0 Å². The van der Waals surface area contributed by atoms with E-state index in [1.807, 2.05) is 54.6 Å². The number of phenols is 1. The molecule has 0 aliphatic carbocycles. The molecule has 1 aliphatic heterocycles. The summed E-state index contributed by atoms with van der Waals surface area (Å²) >= 11 is 0. The predicted octanol–water partition coefficient (Wildman–Crippen LogP) is 3.80. The molecule has 3 heteroatoms. The summed E-state index contributed by atoms with van der Waals surface area (Å²) in [6.45, 7) is 0.387. The van der Waals surface area contributed by atoms with Crippen molar-refractivity contribution >= 4 is 0 Å². The second-order valence-electron chi connectivity index (χ2n) is 6.08. The molecule has 0 bridgehead atoms. The molecular weight excluding hydrogens is 300 g/mol. The number of fused-ring (bicyclic) bond motifs is 1. The molecule has 3 nitrogen and oxygen atoms in total. The van der Waals surface area contributed by atoms with Crippen LogP contribution in [0.4, 0.5) is 0 Å². The summed E-state index contributed by atoms with van der Waals surface area (Å²) in [7, 11) is 0. The third-order valence-corrected chi connectivity index (χ3v) is 4.72. The van der Waals surface area contributed by atoms with E-state index in [-0.39, 0.29) is 11.7 Å². The minimum absolute atomic E-state index is 0.180. The Morgan fingerprint density at radius 2 is 1.50 bits per heavy atom. The molecule has 120 valence electrons. The maximum absolute atomic E-state index is 11.8. The lowest BCUT2D eigenvalue weighted by molar-refractivity contribution is 0.0107. The van der Waals surface area contributed by atoms with Crippen molar-refractivity contribution in [3.63, 3.8) is 0 Å². The molecule has 2 unspecified atom stereocenters. The molecule has 3 aromatic carbocycles. The standard InChI is InChI=1S/C21H18O3/c22-17-12-10-16(11-13-17)21(23)18-8-4-5-9-20(18)24-14-19(21)15-6-2-1-3-7-15/h1-13,19,22-23H,14H2. The monoisotopic (exact) mass is 318 g/mol. The van der Waals surface area contributed by atoms with Gasteiger partial charge in [0.25, 0.3) is 0 Å². The Hall–Kier alpha value is -2.78. The van der Waals surface area contributed by atoms with Gasteiger partial charge in [-0.3, -0.25) is 0 Å². The summed E-state index contributed by atoms with van der Waals surface area (Å²) in [5.41, 5.74) is 1.28. The quantitative estimate of drug-likeness (QED) is 0.755. The highest BCUT2D eigenvalue weighted by molar-refractivity contribution is 5.51. The van der Waals surface area contributed by atoms with E-state index in [0.717, 1.165) is 16.7 Å². The highest BCUT2D eigenvalue weighted by Gasteiger charge is 2.46. The first kappa shape index (κ1) is 14.8. The molecule has 0 amide bonds. The van der Waals surface area contributed by atoms with Gasteiger partial charge in [-0.15, -0.1) is 0 Å². The van der Waals surface area contributed by atoms with E-state index in [9.17, 15) is 10.2 Å². The number of rotatable bonds is 2. The van der Waals surface area contributed by atoms with Gasteiger partial charge in [-0.25, -0.2) is 0 Å². The molecule has 1 heterocycles. The molecule has 2 N–H and O–H groups in total. The lowest BCUT2D eigenvalue weighted by Crippen LogP contribution is -2.41. The van der Waals surface area contributed by atoms with Crippen molar-refractivity contribution in [2.24, 2.45) is 0 Å². The zero-order valence-electron chi connectivity index (χ0n) is 13.1. The van der Waals surface area contributed by atoms with Gasteiger partial charge in [0, 0.05) is 5.56 Å². The number of para-hydroxylation sites is 1. The van der Waals surface area contributed by atoms with Crippen LogP contribution in [0.15, 0.2) is 78.9 Å². The van der Waals surface area contributed by atoms with E-state index in [0.29, 0.717) is 12.4 Å².